The fourth-order valence-corrected chi connectivity index (χ4v) is 3.14. The Morgan fingerprint density at radius 1 is 1.10 bits per heavy atom. The number of nitrogens with one attached hydrogen (secondary N) is 2. The van der Waals surface area contributed by atoms with Crippen molar-refractivity contribution in [1.82, 2.24) is 15.5 Å². The standard InChI is InChI=1S/C14H27N3O.2ClH/c1-17(2)12-7-5-6-11(10-12)16-14(18)13-8-3-4-9-15-13;;/h11-13,15H,3-10H2,1-2H3,(H,16,18);2*1H/t11?,12?,13-;;/m1../s1. The summed E-state index contributed by atoms with van der Waals surface area (Å²) in [5, 5.41) is 6.57. The molecule has 2 unspecified atom stereocenters. The number of hydrogen-bond acceptors (Lipinski definition) is 3. The molecule has 1 heterocycles. The van der Waals surface area contributed by atoms with Gasteiger partial charge in [-0.1, -0.05) is 6.42 Å². The van der Waals surface area contributed by atoms with Gasteiger partial charge in [-0.2, -0.15) is 0 Å². The van der Waals surface area contributed by atoms with Gasteiger partial charge < -0.3 is 15.5 Å². The van der Waals surface area contributed by atoms with Gasteiger partial charge in [-0.3, -0.25) is 4.79 Å². The molecule has 1 saturated heterocycles. The lowest BCUT2D eigenvalue weighted by atomic mass is 9.90. The second-order valence-electron chi connectivity index (χ2n) is 5.99. The Balaban J connectivity index is 0.00000180. The first kappa shape index (κ1) is 20.0. The van der Waals surface area contributed by atoms with E-state index in [9.17, 15) is 4.79 Å². The molecule has 0 aromatic heterocycles. The number of rotatable bonds is 3. The van der Waals surface area contributed by atoms with Crippen LogP contribution >= 0.6 is 24.8 Å². The highest BCUT2D eigenvalue weighted by molar-refractivity contribution is 5.85. The molecule has 1 aliphatic heterocycles. The Kier molecular flexibility index (Phi) is 9.81. The Morgan fingerprint density at radius 2 is 1.85 bits per heavy atom. The van der Waals surface area contributed by atoms with Gasteiger partial charge in [0.15, 0.2) is 0 Å². The van der Waals surface area contributed by atoms with Gasteiger partial charge in [-0.15, -0.1) is 24.8 Å². The van der Waals surface area contributed by atoms with Gasteiger partial charge in [0, 0.05) is 12.1 Å². The normalized spacial score (nSPS) is 30.1. The third-order valence-electron chi connectivity index (χ3n) is 4.35. The molecule has 2 fully saturated rings. The minimum absolute atomic E-state index is 0. The smallest absolute Gasteiger partial charge is 0.237 e. The minimum atomic E-state index is 0. The van der Waals surface area contributed by atoms with Crippen LogP contribution in [0.3, 0.4) is 0 Å². The number of nitrogens with zero attached hydrogens (tertiary/aromatic N) is 1. The summed E-state index contributed by atoms with van der Waals surface area (Å²) in [4.78, 5) is 14.4. The average Bonchev–Trinajstić information content (AvgIpc) is 2.40. The summed E-state index contributed by atoms with van der Waals surface area (Å²) in [5.74, 6) is 0.221. The summed E-state index contributed by atoms with van der Waals surface area (Å²) in [7, 11) is 4.27. The summed E-state index contributed by atoms with van der Waals surface area (Å²) < 4.78 is 0. The van der Waals surface area contributed by atoms with Gasteiger partial charge in [-0.05, 0) is 59.2 Å². The lowest BCUT2D eigenvalue weighted by Crippen LogP contribution is -2.51. The van der Waals surface area contributed by atoms with Crippen LogP contribution in [0, 0.1) is 0 Å². The molecule has 2 rings (SSSR count). The van der Waals surface area contributed by atoms with Gasteiger partial charge in [0.05, 0.1) is 6.04 Å². The third kappa shape index (κ3) is 5.76. The molecule has 0 aromatic rings. The van der Waals surface area contributed by atoms with E-state index in [-0.39, 0.29) is 36.8 Å². The van der Waals surface area contributed by atoms with E-state index in [1.54, 1.807) is 0 Å². The maximum atomic E-state index is 12.2. The van der Waals surface area contributed by atoms with Gasteiger partial charge in [0.25, 0.3) is 0 Å². The summed E-state index contributed by atoms with van der Waals surface area (Å²) in [6.07, 6.45) is 8.11. The van der Waals surface area contributed by atoms with E-state index in [0.29, 0.717) is 12.1 Å². The van der Waals surface area contributed by atoms with Crippen molar-refractivity contribution in [3.05, 3.63) is 0 Å². The van der Waals surface area contributed by atoms with Crippen molar-refractivity contribution < 1.29 is 4.79 Å². The molecule has 6 heteroatoms. The number of hydrogen-bond donors (Lipinski definition) is 2. The molecule has 0 aromatic carbocycles. The Labute approximate surface area is 135 Å². The highest BCUT2D eigenvalue weighted by atomic mass is 35.5. The number of carbonyl (C=O) groups excluding carboxylic acids is 1. The quantitative estimate of drug-likeness (QED) is 0.833. The van der Waals surface area contributed by atoms with Crippen LogP contribution in [-0.4, -0.2) is 49.6 Å². The molecular weight excluding hydrogens is 297 g/mol. The number of carbonyl (C=O) groups is 1. The molecule has 0 radical (unpaired) electrons. The van der Waals surface area contributed by atoms with Crippen molar-refractivity contribution in [3.8, 4) is 0 Å². The lowest BCUT2D eigenvalue weighted by molar-refractivity contribution is -0.124. The highest BCUT2D eigenvalue weighted by Gasteiger charge is 2.27. The van der Waals surface area contributed by atoms with E-state index >= 15 is 0 Å². The van der Waals surface area contributed by atoms with Crippen LogP contribution < -0.4 is 10.6 Å². The van der Waals surface area contributed by atoms with E-state index in [1.165, 1.54) is 25.7 Å². The van der Waals surface area contributed by atoms with Crippen molar-refractivity contribution in [3.63, 3.8) is 0 Å². The molecule has 0 spiro atoms. The molecule has 120 valence electrons. The number of halogens is 2. The van der Waals surface area contributed by atoms with E-state index in [2.05, 4.69) is 29.6 Å². The summed E-state index contributed by atoms with van der Waals surface area (Å²) in [5.41, 5.74) is 0. The van der Waals surface area contributed by atoms with Crippen molar-refractivity contribution in [2.45, 2.75) is 63.1 Å². The molecule has 1 aliphatic carbocycles. The van der Waals surface area contributed by atoms with Crippen LogP contribution in [0.15, 0.2) is 0 Å². The van der Waals surface area contributed by atoms with E-state index in [4.69, 9.17) is 0 Å². The molecule has 1 saturated carbocycles. The van der Waals surface area contributed by atoms with Gasteiger partial charge >= 0.3 is 0 Å². The maximum Gasteiger partial charge on any atom is 0.237 e. The zero-order chi connectivity index (χ0) is 13.0. The minimum Gasteiger partial charge on any atom is -0.352 e. The van der Waals surface area contributed by atoms with E-state index < -0.39 is 0 Å². The first-order valence-electron chi connectivity index (χ1n) is 7.37. The predicted molar refractivity (Wildman–Crippen MR) is 88.0 cm³/mol. The van der Waals surface area contributed by atoms with Crippen LogP contribution in [-0.2, 0) is 4.79 Å². The predicted octanol–water partition coefficient (Wildman–Crippen LogP) is 1.96. The average molecular weight is 326 g/mol. The zero-order valence-corrected chi connectivity index (χ0v) is 14.2. The first-order chi connectivity index (χ1) is 8.66. The van der Waals surface area contributed by atoms with Crippen LogP contribution in [0.4, 0.5) is 0 Å². The number of amides is 1. The monoisotopic (exact) mass is 325 g/mol. The third-order valence-corrected chi connectivity index (χ3v) is 4.35. The van der Waals surface area contributed by atoms with E-state index in [1.807, 2.05) is 0 Å². The summed E-state index contributed by atoms with van der Waals surface area (Å²) >= 11 is 0. The largest absolute Gasteiger partial charge is 0.352 e. The van der Waals surface area contributed by atoms with Gasteiger partial charge in [-0.25, -0.2) is 0 Å². The van der Waals surface area contributed by atoms with Crippen LogP contribution in [0.25, 0.3) is 0 Å². The summed E-state index contributed by atoms with van der Waals surface area (Å²) in [6.45, 7) is 0.989. The van der Waals surface area contributed by atoms with E-state index in [0.717, 1.165) is 25.8 Å². The van der Waals surface area contributed by atoms with Gasteiger partial charge in [0.1, 0.15) is 0 Å². The Hall–Kier alpha value is -0.0300. The second-order valence-corrected chi connectivity index (χ2v) is 5.99. The van der Waals surface area contributed by atoms with Crippen LogP contribution in [0.2, 0.25) is 0 Å². The molecule has 0 bridgehead atoms. The van der Waals surface area contributed by atoms with Crippen molar-refractivity contribution >= 4 is 30.7 Å². The molecular formula is C14H29Cl2N3O. The zero-order valence-electron chi connectivity index (χ0n) is 12.6. The van der Waals surface area contributed by atoms with Crippen molar-refractivity contribution in [1.29, 1.82) is 0 Å². The fourth-order valence-electron chi connectivity index (χ4n) is 3.14. The molecule has 2 aliphatic rings. The van der Waals surface area contributed by atoms with Crippen molar-refractivity contribution in [2.24, 2.45) is 0 Å². The molecule has 2 N–H and O–H groups in total. The molecule has 1 amide bonds. The number of piperidine rings is 1. The fraction of sp³-hybridized carbons (Fsp3) is 0.929. The summed E-state index contributed by atoms with van der Waals surface area (Å²) in [6, 6.07) is 1.06. The SMILES string of the molecule is CN(C)C1CCCC(NC(=O)[C@H]2CCCCN2)C1.Cl.Cl. The maximum absolute atomic E-state index is 12.2. The van der Waals surface area contributed by atoms with Crippen molar-refractivity contribution in [2.75, 3.05) is 20.6 Å². The Bertz CT molecular complexity index is 284. The first-order valence-corrected chi connectivity index (χ1v) is 7.37. The topological polar surface area (TPSA) is 44.4 Å². The highest BCUT2D eigenvalue weighted by Crippen LogP contribution is 2.21. The molecule has 3 atom stereocenters. The lowest BCUT2D eigenvalue weighted by Gasteiger charge is -2.34. The van der Waals surface area contributed by atoms with Gasteiger partial charge in [0.2, 0.25) is 5.91 Å². The Morgan fingerprint density at radius 3 is 2.45 bits per heavy atom. The molecule has 20 heavy (non-hydrogen) atoms. The second kappa shape index (κ2) is 9.82. The van der Waals surface area contributed by atoms with Crippen LogP contribution in [0.1, 0.15) is 44.9 Å². The molecule has 4 nitrogen and oxygen atoms in total. The van der Waals surface area contributed by atoms with Crippen LogP contribution in [0.5, 0.6) is 0 Å².